The van der Waals surface area contributed by atoms with E-state index in [9.17, 15) is 4.79 Å². The second-order valence-corrected chi connectivity index (χ2v) is 6.75. The molecule has 1 N–H and O–H groups in total. The number of aromatic nitrogens is 2. The normalized spacial score (nSPS) is 14.0. The molecule has 0 saturated carbocycles. The van der Waals surface area contributed by atoms with Crippen LogP contribution < -0.4 is 10.2 Å². The fourth-order valence-corrected chi connectivity index (χ4v) is 3.30. The SMILES string of the molecule is Cc1ccc(CNC(=O)c2nc(N3CCCC3)c3ccccc3n2)cc1. The van der Waals surface area contributed by atoms with Crippen molar-refractivity contribution in [2.45, 2.75) is 26.3 Å². The molecule has 26 heavy (non-hydrogen) atoms. The highest BCUT2D eigenvalue weighted by molar-refractivity contribution is 5.96. The molecule has 5 heteroatoms. The molecule has 5 nitrogen and oxygen atoms in total. The van der Waals surface area contributed by atoms with E-state index in [0.29, 0.717) is 6.54 Å². The Bertz CT molecular complexity index is 930. The van der Waals surface area contributed by atoms with Crippen molar-refractivity contribution in [3.8, 4) is 0 Å². The highest BCUT2D eigenvalue weighted by atomic mass is 16.2. The summed E-state index contributed by atoms with van der Waals surface area (Å²) >= 11 is 0. The van der Waals surface area contributed by atoms with E-state index in [1.54, 1.807) is 0 Å². The molecule has 2 aromatic carbocycles. The molecule has 1 fully saturated rings. The first-order valence-electron chi connectivity index (χ1n) is 9.06. The molecule has 1 aromatic heterocycles. The molecule has 1 aliphatic heterocycles. The van der Waals surface area contributed by atoms with Crippen LogP contribution in [0, 0.1) is 6.92 Å². The van der Waals surface area contributed by atoms with Crippen molar-refractivity contribution in [3.05, 3.63) is 65.5 Å². The van der Waals surface area contributed by atoms with E-state index in [1.807, 2.05) is 55.5 Å². The van der Waals surface area contributed by atoms with E-state index in [-0.39, 0.29) is 11.7 Å². The van der Waals surface area contributed by atoms with Crippen LogP contribution in [-0.4, -0.2) is 29.0 Å². The van der Waals surface area contributed by atoms with Gasteiger partial charge in [-0.3, -0.25) is 4.79 Å². The lowest BCUT2D eigenvalue weighted by Gasteiger charge is -2.19. The number of carbonyl (C=O) groups is 1. The largest absolute Gasteiger partial charge is 0.356 e. The summed E-state index contributed by atoms with van der Waals surface area (Å²) in [5.74, 6) is 0.864. The number of benzene rings is 2. The van der Waals surface area contributed by atoms with Gasteiger partial charge in [-0.05, 0) is 37.5 Å². The van der Waals surface area contributed by atoms with Crippen molar-refractivity contribution in [3.63, 3.8) is 0 Å². The van der Waals surface area contributed by atoms with Gasteiger partial charge in [-0.15, -0.1) is 0 Å². The highest BCUT2D eigenvalue weighted by Crippen LogP contribution is 2.26. The van der Waals surface area contributed by atoms with Gasteiger partial charge in [-0.25, -0.2) is 9.97 Å². The quantitative estimate of drug-likeness (QED) is 0.786. The van der Waals surface area contributed by atoms with Crippen molar-refractivity contribution in [2.75, 3.05) is 18.0 Å². The fourth-order valence-electron chi connectivity index (χ4n) is 3.30. The predicted molar refractivity (Wildman–Crippen MR) is 103 cm³/mol. The summed E-state index contributed by atoms with van der Waals surface area (Å²) in [6.45, 7) is 4.47. The van der Waals surface area contributed by atoms with Crippen molar-refractivity contribution in [1.82, 2.24) is 15.3 Å². The van der Waals surface area contributed by atoms with Crippen LogP contribution in [0.2, 0.25) is 0 Å². The van der Waals surface area contributed by atoms with Gasteiger partial charge in [0.05, 0.1) is 5.52 Å². The third kappa shape index (κ3) is 3.38. The van der Waals surface area contributed by atoms with Crippen LogP contribution in [0.25, 0.3) is 10.9 Å². The smallest absolute Gasteiger partial charge is 0.289 e. The maximum absolute atomic E-state index is 12.6. The summed E-state index contributed by atoms with van der Waals surface area (Å²) in [5.41, 5.74) is 3.07. The molecular formula is C21H22N4O. The van der Waals surface area contributed by atoms with Crippen molar-refractivity contribution < 1.29 is 4.79 Å². The first-order valence-corrected chi connectivity index (χ1v) is 9.06. The average molecular weight is 346 g/mol. The maximum atomic E-state index is 12.6. The lowest BCUT2D eigenvalue weighted by Crippen LogP contribution is -2.27. The van der Waals surface area contributed by atoms with Crippen molar-refractivity contribution in [2.24, 2.45) is 0 Å². The lowest BCUT2D eigenvalue weighted by molar-refractivity contribution is 0.0941. The first kappa shape index (κ1) is 16.5. The number of aryl methyl sites for hydroxylation is 1. The maximum Gasteiger partial charge on any atom is 0.289 e. The van der Waals surface area contributed by atoms with Crippen LogP contribution in [0.1, 0.15) is 34.6 Å². The van der Waals surface area contributed by atoms with Gasteiger partial charge in [0.1, 0.15) is 5.82 Å². The van der Waals surface area contributed by atoms with E-state index in [0.717, 1.165) is 48.2 Å². The number of fused-ring (bicyclic) bond motifs is 1. The number of hydrogen-bond donors (Lipinski definition) is 1. The number of rotatable bonds is 4. The number of nitrogens with zero attached hydrogens (tertiary/aromatic N) is 3. The molecule has 132 valence electrons. The molecule has 4 rings (SSSR count). The molecule has 1 amide bonds. The Morgan fingerprint density at radius 2 is 1.77 bits per heavy atom. The minimum atomic E-state index is -0.239. The zero-order valence-corrected chi connectivity index (χ0v) is 14.9. The molecule has 0 radical (unpaired) electrons. The molecule has 0 bridgehead atoms. The molecular weight excluding hydrogens is 324 g/mol. The van der Waals surface area contributed by atoms with E-state index in [1.165, 1.54) is 5.56 Å². The van der Waals surface area contributed by atoms with E-state index in [2.05, 4.69) is 20.2 Å². The van der Waals surface area contributed by atoms with Crippen LogP contribution in [-0.2, 0) is 6.54 Å². The number of para-hydroxylation sites is 1. The summed E-state index contributed by atoms with van der Waals surface area (Å²) in [6, 6.07) is 16.0. The van der Waals surface area contributed by atoms with Gasteiger partial charge >= 0.3 is 0 Å². The Kier molecular flexibility index (Phi) is 4.52. The summed E-state index contributed by atoms with van der Waals surface area (Å²) in [5, 5.41) is 3.94. The summed E-state index contributed by atoms with van der Waals surface area (Å²) in [4.78, 5) is 24.0. The van der Waals surface area contributed by atoms with Crippen LogP contribution in [0.5, 0.6) is 0 Å². The molecule has 0 aliphatic carbocycles. The number of carbonyl (C=O) groups excluding carboxylic acids is 1. The second kappa shape index (κ2) is 7.12. The van der Waals surface area contributed by atoms with Gasteiger partial charge < -0.3 is 10.2 Å². The van der Waals surface area contributed by atoms with Crippen LogP contribution in [0.4, 0.5) is 5.82 Å². The van der Waals surface area contributed by atoms with Crippen LogP contribution in [0.3, 0.4) is 0 Å². The Morgan fingerprint density at radius 3 is 2.54 bits per heavy atom. The van der Waals surface area contributed by atoms with Crippen LogP contribution >= 0.6 is 0 Å². The molecule has 3 aromatic rings. The number of nitrogens with one attached hydrogen (secondary N) is 1. The summed E-state index contributed by atoms with van der Waals surface area (Å²) in [6.07, 6.45) is 2.32. The zero-order chi connectivity index (χ0) is 17.9. The van der Waals surface area contributed by atoms with Crippen LogP contribution in [0.15, 0.2) is 48.5 Å². The van der Waals surface area contributed by atoms with Crippen molar-refractivity contribution in [1.29, 1.82) is 0 Å². The number of amides is 1. The zero-order valence-electron chi connectivity index (χ0n) is 14.9. The summed E-state index contributed by atoms with van der Waals surface area (Å²) in [7, 11) is 0. The lowest BCUT2D eigenvalue weighted by atomic mass is 10.1. The van der Waals surface area contributed by atoms with E-state index < -0.39 is 0 Å². The Labute approximate surface area is 153 Å². The van der Waals surface area contributed by atoms with Gasteiger partial charge in [0.15, 0.2) is 0 Å². The number of anilines is 1. The first-order chi connectivity index (χ1) is 12.7. The second-order valence-electron chi connectivity index (χ2n) is 6.75. The Balaban J connectivity index is 1.60. The predicted octanol–water partition coefficient (Wildman–Crippen LogP) is 3.47. The minimum absolute atomic E-state index is 0.234. The fraction of sp³-hybridized carbons (Fsp3) is 0.286. The Morgan fingerprint density at radius 1 is 1.04 bits per heavy atom. The topological polar surface area (TPSA) is 58.1 Å². The van der Waals surface area contributed by atoms with Gasteiger partial charge in [0.25, 0.3) is 5.91 Å². The van der Waals surface area contributed by atoms with E-state index in [4.69, 9.17) is 0 Å². The molecule has 2 heterocycles. The van der Waals surface area contributed by atoms with Gasteiger partial charge in [0, 0.05) is 25.0 Å². The molecule has 1 aliphatic rings. The standard InChI is InChI=1S/C21H22N4O/c1-15-8-10-16(11-9-15)14-22-21(26)19-23-18-7-3-2-6-17(18)20(24-19)25-12-4-5-13-25/h2-3,6-11H,4-5,12-14H2,1H3,(H,22,26). The highest BCUT2D eigenvalue weighted by Gasteiger charge is 2.20. The molecule has 0 spiro atoms. The number of hydrogen-bond acceptors (Lipinski definition) is 4. The minimum Gasteiger partial charge on any atom is -0.356 e. The molecule has 0 atom stereocenters. The van der Waals surface area contributed by atoms with E-state index >= 15 is 0 Å². The third-order valence-corrected chi connectivity index (χ3v) is 4.77. The molecule has 1 saturated heterocycles. The third-order valence-electron chi connectivity index (χ3n) is 4.77. The van der Waals surface area contributed by atoms with Gasteiger partial charge in [-0.1, -0.05) is 42.0 Å². The Hall–Kier alpha value is -2.95. The van der Waals surface area contributed by atoms with Crippen molar-refractivity contribution >= 4 is 22.6 Å². The molecule has 0 unspecified atom stereocenters. The van der Waals surface area contributed by atoms with Gasteiger partial charge in [0.2, 0.25) is 5.82 Å². The monoisotopic (exact) mass is 346 g/mol. The van der Waals surface area contributed by atoms with Gasteiger partial charge in [-0.2, -0.15) is 0 Å². The summed E-state index contributed by atoms with van der Waals surface area (Å²) < 4.78 is 0. The average Bonchev–Trinajstić information content (AvgIpc) is 3.21.